The van der Waals surface area contributed by atoms with Crippen LogP contribution in [0.1, 0.15) is 17.5 Å². The van der Waals surface area contributed by atoms with E-state index in [4.69, 9.17) is 27.9 Å². The Morgan fingerprint density at radius 1 is 0.973 bits per heavy atom. The van der Waals surface area contributed by atoms with Gasteiger partial charge in [0.25, 0.3) is 0 Å². The SMILES string of the molecule is O=C(CC1C(=O)NCCN1C(=O)Cc1ccccc1Nc1c(Cl)cccc1Cl)OCCc1ccccc1. The van der Waals surface area contributed by atoms with Gasteiger partial charge in [-0.25, -0.2) is 0 Å². The number of halogens is 2. The van der Waals surface area contributed by atoms with E-state index >= 15 is 0 Å². The van der Waals surface area contributed by atoms with Gasteiger partial charge >= 0.3 is 5.97 Å². The second kappa shape index (κ2) is 12.6. The zero-order valence-electron chi connectivity index (χ0n) is 20.1. The second-order valence-electron chi connectivity index (χ2n) is 8.61. The first-order valence-electron chi connectivity index (χ1n) is 12.0. The highest BCUT2D eigenvalue weighted by atomic mass is 35.5. The number of hydrogen-bond acceptors (Lipinski definition) is 5. The summed E-state index contributed by atoms with van der Waals surface area (Å²) in [6.07, 6.45) is 0.394. The van der Waals surface area contributed by atoms with Gasteiger partial charge in [0.1, 0.15) is 6.04 Å². The van der Waals surface area contributed by atoms with E-state index in [-0.39, 0.29) is 31.3 Å². The summed E-state index contributed by atoms with van der Waals surface area (Å²) in [6.45, 7) is 0.826. The van der Waals surface area contributed by atoms with Crippen molar-refractivity contribution < 1.29 is 19.1 Å². The van der Waals surface area contributed by atoms with E-state index in [0.717, 1.165) is 5.56 Å². The maximum atomic E-state index is 13.4. The number of amides is 2. The number of esters is 1. The van der Waals surface area contributed by atoms with Crippen molar-refractivity contribution >= 4 is 52.4 Å². The Balaban J connectivity index is 1.41. The molecule has 0 aliphatic carbocycles. The predicted molar refractivity (Wildman–Crippen MR) is 144 cm³/mol. The van der Waals surface area contributed by atoms with Crippen LogP contribution in [0.5, 0.6) is 0 Å². The van der Waals surface area contributed by atoms with E-state index in [1.165, 1.54) is 4.90 Å². The fourth-order valence-corrected chi connectivity index (χ4v) is 4.67. The van der Waals surface area contributed by atoms with Crippen LogP contribution in [-0.4, -0.2) is 48.4 Å². The van der Waals surface area contributed by atoms with Crippen LogP contribution in [0.15, 0.2) is 72.8 Å². The van der Waals surface area contributed by atoms with Gasteiger partial charge in [-0.1, -0.05) is 77.8 Å². The van der Waals surface area contributed by atoms with Crippen molar-refractivity contribution in [2.75, 3.05) is 25.0 Å². The average molecular weight is 540 g/mol. The normalized spacial score (nSPS) is 15.1. The van der Waals surface area contributed by atoms with Gasteiger partial charge in [-0.2, -0.15) is 0 Å². The number of benzene rings is 3. The number of nitrogens with zero attached hydrogens (tertiary/aromatic N) is 1. The van der Waals surface area contributed by atoms with E-state index < -0.39 is 12.0 Å². The van der Waals surface area contributed by atoms with Gasteiger partial charge in [0.15, 0.2) is 0 Å². The number of anilines is 2. The number of carbonyl (C=O) groups is 3. The number of para-hydroxylation sites is 2. The van der Waals surface area contributed by atoms with Gasteiger partial charge in [-0.3, -0.25) is 14.4 Å². The number of carbonyl (C=O) groups excluding carboxylic acids is 3. The lowest BCUT2D eigenvalue weighted by Gasteiger charge is -2.34. The molecule has 1 aliphatic heterocycles. The fraction of sp³-hybridized carbons (Fsp3) is 0.250. The third-order valence-corrected chi connectivity index (χ3v) is 6.72. The van der Waals surface area contributed by atoms with Crippen LogP contribution in [0.3, 0.4) is 0 Å². The van der Waals surface area contributed by atoms with Crippen molar-refractivity contribution in [2.24, 2.45) is 0 Å². The molecule has 1 saturated heterocycles. The van der Waals surface area contributed by atoms with E-state index in [9.17, 15) is 14.4 Å². The van der Waals surface area contributed by atoms with Crippen molar-refractivity contribution in [1.29, 1.82) is 0 Å². The Bertz CT molecular complexity index is 1250. The highest BCUT2D eigenvalue weighted by Crippen LogP contribution is 2.33. The van der Waals surface area contributed by atoms with E-state index in [1.54, 1.807) is 18.2 Å². The number of ether oxygens (including phenoxy) is 1. The van der Waals surface area contributed by atoms with Crippen molar-refractivity contribution in [1.82, 2.24) is 10.2 Å². The molecule has 0 spiro atoms. The molecule has 2 amide bonds. The number of piperazine rings is 1. The molecule has 0 aromatic heterocycles. The van der Waals surface area contributed by atoms with Gasteiger partial charge in [0.2, 0.25) is 11.8 Å². The van der Waals surface area contributed by atoms with Gasteiger partial charge in [-0.05, 0) is 29.3 Å². The molecule has 7 nitrogen and oxygen atoms in total. The minimum absolute atomic E-state index is 0.0259. The van der Waals surface area contributed by atoms with E-state index in [1.807, 2.05) is 54.6 Å². The van der Waals surface area contributed by atoms with Crippen molar-refractivity contribution in [2.45, 2.75) is 25.3 Å². The molecule has 37 heavy (non-hydrogen) atoms. The van der Waals surface area contributed by atoms with Crippen LogP contribution in [0, 0.1) is 0 Å². The Labute approximate surface area is 225 Å². The third-order valence-electron chi connectivity index (χ3n) is 6.09. The monoisotopic (exact) mass is 539 g/mol. The lowest BCUT2D eigenvalue weighted by Crippen LogP contribution is -2.58. The maximum Gasteiger partial charge on any atom is 0.308 e. The molecule has 0 radical (unpaired) electrons. The molecule has 3 aromatic rings. The zero-order chi connectivity index (χ0) is 26.2. The molecule has 1 fully saturated rings. The van der Waals surface area contributed by atoms with Gasteiger partial charge in [-0.15, -0.1) is 0 Å². The molecule has 1 aliphatic rings. The molecule has 1 unspecified atom stereocenters. The molecule has 0 bridgehead atoms. The quantitative estimate of drug-likeness (QED) is 0.382. The standard InChI is InChI=1S/C28H27Cl2N3O4/c29-21-10-6-11-22(30)27(21)32-23-12-5-4-9-20(23)17-25(34)33-15-14-31-28(36)24(33)18-26(35)37-16-13-19-7-2-1-3-8-19/h1-12,24,32H,13-18H2,(H,31,36). The molecular weight excluding hydrogens is 513 g/mol. The Morgan fingerprint density at radius 3 is 2.43 bits per heavy atom. The van der Waals surface area contributed by atoms with Gasteiger partial charge < -0.3 is 20.3 Å². The van der Waals surface area contributed by atoms with E-state index in [0.29, 0.717) is 46.5 Å². The van der Waals surface area contributed by atoms with Crippen molar-refractivity contribution in [3.05, 3.63) is 94.0 Å². The van der Waals surface area contributed by atoms with Crippen LogP contribution in [-0.2, 0) is 32.0 Å². The molecular formula is C28H27Cl2N3O4. The summed E-state index contributed by atoms with van der Waals surface area (Å²) in [5, 5.41) is 6.86. The number of hydrogen-bond donors (Lipinski definition) is 2. The van der Waals surface area contributed by atoms with Gasteiger partial charge in [0.05, 0.1) is 35.2 Å². The average Bonchev–Trinajstić information content (AvgIpc) is 2.89. The smallest absolute Gasteiger partial charge is 0.308 e. The first-order chi connectivity index (χ1) is 17.9. The van der Waals surface area contributed by atoms with Crippen molar-refractivity contribution in [3.63, 3.8) is 0 Å². The molecule has 9 heteroatoms. The summed E-state index contributed by atoms with van der Waals surface area (Å²) in [4.78, 5) is 40.0. The maximum absolute atomic E-state index is 13.4. The zero-order valence-corrected chi connectivity index (χ0v) is 21.6. The predicted octanol–water partition coefficient (Wildman–Crippen LogP) is 4.78. The lowest BCUT2D eigenvalue weighted by atomic mass is 10.0. The molecule has 1 atom stereocenters. The van der Waals surface area contributed by atoms with Crippen LogP contribution < -0.4 is 10.6 Å². The van der Waals surface area contributed by atoms with Crippen LogP contribution in [0.25, 0.3) is 0 Å². The number of rotatable bonds is 9. The van der Waals surface area contributed by atoms with Crippen LogP contribution in [0.4, 0.5) is 11.4 Å². The highest BCUT2D eigenvalue weighted by molar-refractivity contribution is 6.39. The summed E-state index contributed by atoms with van der Waals surface area (Å²) >= 11 is 12.6. The van der Waals surface area contributed by atoms with E-state index in [2.05, 4.69) is 10.6 Å². The molecule has 0 saturated carbocycles. The number of nitrogens with one attached hydrogen (secondary N) is 2. The first kappa shape index (κ1) is 26.5. The minimum Gasteiger partial charge on any atom is -0.465 e. The second-order valence-corrected chi connectivity index (χ2v) is 9.42. The lowest BCUT2D eigenvalue weighted by molar-refractivity contribution is -0.151. The summed E-state index contributed by atoms with van der Waals surface area (Å²) in [7, 11) is 0. The molecule has 3 aromatic carbocycles. The molecule has 192 valence electrons. The summed E-state index contributed by atoms with van der Waals surface area (Å²) in [5.74, 6) is -1.16. The summed E-state index contributed by atoms with van der Waals surface area (Å²) in [6, 6.07) is 21.2. The summed E-state index contributed by atoms with van der Waals surface area (Å²) in [5.41, 5.74) is 2.97. The molecule has 4 rings (SSSR count). The van der Waals surface area contributed by atoms with Crippen LogP contribution >= 0.6 is 23.2 Å². The van der Waals surface area contributed by atoms with Crippen molar-refractivity contribution in [3.8, 4) is 0 Å². The molecule has 1 heterocycles. The Morgan fingerprint density at radius 2 is 1.68 bits per heavy atom. The van der Waals surface area contributed by atoms with Crippen LogP contribution in [0.2, 0.25) is 10.0 Å². The first-order valence-corrected chi connectivity index (χ1v) is 12.7. The third kappa shape index (κ3) is 7.02. The fourth-order valence-electron chi connectivity index (χ4n) is 4.17. The van der Waals surface area contributed by atoms with Gasteiger partial charge in [0, 0.05) is 25.2 Å². The Kier molecular flexibility index (Phi) is 9.04. The topological polar surface area (TPSA) is 87.7 Å². The highest BCUT2D eigenvalue weighted by Gasteiger charge is 2.35. The summed E-state index contributed by atoms with van der Waals surface area (Å²) < 4.78 is 5.36. The Hall–Kier alpha value is -3.55. The largest absolute Gasteiger partial charge is 0.465 e. The minimum atomic E-state index is -0.927. The molecule has 2 N–H and O–H groups in total.